The summed E-state index contributed by atoms with van der Waals surface area (Å²) in [5, 5.41) is 3.12. The summed E-state index contributed by atoms with van der Waals surface area (Å²) in [6.45, 7) is 7.49. The Kier molecular flexibility index (Phi) is 6.84. The van der Waals surface area contributed by atoms with Crippen molar-refractivity contribution in [2.24, 2.45) is 17.1 Å². The molecule has 0 aromatic rings. The molecule has 0 aromatic heterocycles. The van der Waals surface area contributed by atoms with E-state index in [1.54, 1.807) is 0 Å². The highest BCUT2D eigenvalue weighted by Gasteiger charge is 2.34. The molecule has 0 aromatic carbocycles. The minimum Gasteiger partial charge on any atom is -0.354 e. The van der Waals surface area contributed by atoms with Crippen molar-refractivity contribution in [2.75, 3.05) is 6.54 Å². The summed E-state index contributed by atoms with van der Waals surface area (Å²) in [5.41, 5.74) is 6.26. The van der Waals surface area contributed by atoms with Crippen LogP contribution in [0.1, 0.15) is 72.1 Å². The Labute approximate surface area is 118 Å². The summed E-state index contributed by atoms with van der Waals surface area (Å²) < 4.78 is 0. The van der Waals surface area contributed by atoms with Gasteiger partial charge in [-0.25, -0.2) is 0 Å². The van der Waals surface area contributed by atoms with Gasteiger partial charge in [0.25, 0.3) is 0 Å². The molecule has 1 amide bonds. The Hall–Kier alpha value is -0.570. The van der Waals surface area contributed by atoms with Gasteiger partial charge in [0, 0.05) is 6.54 Å². The molecule has 0 saturated heterocycles. The van der Waals surface area contributed by atoms with Gasteiger partial charge in [0.1, 0.15) is 0 Å². The molecule has 0 spiro atoms. The smallest absolute Gasteiger partial charge is 0.236 e. The highest BCUT2D eigenvalue weighted by Crippen LogP contribution is 2.42. The standard InChI is InChI=1S/C16H32N2O/c1-4-5-8-14(17)15(19)18-12-16(11-13(2)3)9-6-7-10-16/h13-14H,4-12,17H2,1-3H3,(H,18,19)/t14-/m0/s1. The quantitative estimate of drug-likeness (QED) is 0.710. The summed E-state index contributed by atoms with van der Waals surface area (Å²) in [6, 6.07) is -0.322. The number of amides is 1. The third-order valence-electron chi connectivity index (χ3n) is 4.35. The van der Waals surface area contributed by atoms with E-state index in [9.17, 15) is 4.79 Å². The molecule has 1 aliphatic rings. The normalized spacial score (nSPS) is 19.6. The Bertz CT molecular complexity index is 270. The third-order valence-corrected chi connectivity index (χ3v) is 4.35. The van der Waals surface area contributed by atoms with Crippen molar-refractivity contribution in [2.45, 2.75) is 78.2 Å². The van der Waals surface area contributed by atoms with Gasteiger partial charge in [-0.05, 0) is 37.0 Å². The van der Waals surface area contributed by atoms with Gasteiger partial charge >= 0.3 is 0 Å². The van der Waals surface area contributed by atoms with Crippen LogP contribution in [-0.4, -0.2) is 18.5 Å². The first-order valence-electron chi connectivity index (χ1n) is 8.02. The molecule has 19 heavy (non-hydrogen) atoms. The van der Waals surface area contributed by atoms with Crippen molar-refractivity contribution in [1.82, 2.24) is 5.32 Å². The maximum Gasteiger partial charge on any atom is 0.236 e. The van der Waals surface area contributed by atoms with E-state index in [4.69, 9.17) is 5.73 Å². The number of rotatable bonds is 8. The van der Waals surface area contributed by atoms with E-state index in [0.29, 0.717) is 11.3 Å². The first-order valence-corrected chi connectivity index (χ1v) is 8.02. The van der Waals surface area contributed by atoms with Crippen LogP contribution in [0, 0.1) is 11.3 Å². The first-order chi connectivity index (χ1) is 8.99. The van der Waals surface area contributed by atoms with Gasteiger partial charge in [0.2, 0.25) is 5.91 Å². The largest absolute Gasteiger partial charge is 0.354 e. The number of nitrogens with two attached hydrogens (primary N) is 1. The lowest BCUT2D eigenvalue weighted by Gasteiger charge is -2.31. The molecule has 1 atom stereocenters. The van der Waals surface area contributed by atoms with Crippen molar-refractivity contribution < 1.29 is 4.79 Å². The topological polar surface area (TPSA) is 55.1 Å². The second-order valence-corrected chi connectivity index (χ2v) is 6.77. The molecule has 1 saturated carbocycles. The van der Waals surface area contributed by atoms with Gasteiger partial charge in [0.15, 0.2) is 0 Å². The van der Waals surface area contributed by atoms with Crippen molar-refractivity contribution in [3.63, 3.8) is 0 Å². The zero-order valence-electron chi connectivity index (χ0n) is 13.0. The average Bonchev–Trinajstić information content (AvgIpc) is 2.81. The molecule has 3 N–H and O–H groups in total. The van der Waals surface area contributed by atoms with E-state index < -0.39 is 0 Å². The number of unbranched alkanes of at least 4 members (excludes halogenated alkanes) is 1. The zero-order valence-corrected chi connectivity index (χ0v) is 13.0. The number of hydrogen-bond acceptors (Lipinski definition) is 2. The zero-order chi connectivity index (χ0) is 14.3. The monoisotopic (exact) mass is 268 g/mol. The van der Waals surface area contributed by atoms with Crippen LogP contribution in [0.15, 0.2) is 0 Å². The summed E-state index contributed by atoms with van der Waals surface area (Å²) in [7, 11) is 0. The Morgan fingerprint density at radius 1 is 1.32 bits per heavy atom. The highest BCUT2D eigenvalue weighted by molar-refractivity contribution is 5.81. The average molecular weight is 268 g/mol. The van der Waals surface area contributed by atoms with Crippen LogP contribution in [0.25, 0.3) is 0 Å². The Morgan fingerprint density at radius 3 is 2.47 bits per heavy atom. The Balaban J connectivity index is 2.41. The first kappa shape index (κ1) is 16.5. The minimum atomic E-state index is -0.322. The number of hydrogen-bond donors (Lipinski definition) is 2. The Morgan fingerprint density at radius 2 is 1.95 bits per heavy atom. The lowest BCUT2D eigenvalue weighted by molar-refractivity contribution is -0.123. The highest BCUT2D eigenvalue weighted by atomic mass is 16.2. The van der Waals surface area contributed by atoms with Crippen molar-refractivity contribution in [1.29, 1.82) is 0 Å². The SMILES string of the molecule is CCCC[C@H](N)C(=O)NCC1(CC(C)C)CCCC1. The van der Waals surface area contributed by atoms with Gasteiger partial charge in [0.05, 0.1) is 6.04 Å². The number of nitrogens with one attached hydrogen (secondary N) is 1. The van der Waals surface area contributed by atoms with Crippen LogP contribution in [0.2, 0.25) is 0 Å². The van der Waals surface area contributed by atoms with Gasteiger partial charge in [-0.15, -0.1) is 0 Å². The van der Waals surface area contributed by atoms with Gasteiger partial charge in [-0.2, -0.15) is 0 Å². The summed E-state index contributed by atoms with van der Waals surface area (Å²) in [4.78, 5) is 12.0. The summed E-state index contributed by atoms with van der Waals surface area (Å²) in [6.07, 6.45) is 9.29. The van der Waals surface area contributed by atoms with Crippen LogP contribution >= 0.6 is 0 Å². The second-order valence-electron chi connectivity index (χ2n) is 6.77. The van der Waals surface area contributed by atoms with Gasteiger partial charge in [-0.1, -0.05) is 46.5 Å². The van der Waals surface area contributed by atoms with E-state index in [2.05, 4.69) is 26.1 Å². The van der Waals surface area contributed by atoms with Crippen molar-refractivity contribution in [3.05, 3.63) is 0 Å². The fourth-order valence-electron chi connectivity index (χ4n) is 3.40. The molecule has 0 unspecified atom stereocenters. The summed E-state index contributed by atoms with van der Waals surface area (Å²) >= 11 is 0. The van der Waals surface area contributed by atoms with E-state index in [0.717, 1.165) is 25.8 Å². The molecule has 1 aliphatic carbocycles. The van der Waals surface area contributed by atoms with Gasteiger partial charge in [-0.3, -0.25) is 4.79 Å². The van der Waals surface area contributed by atoms with Crippen LogP contribution in [0.4, 0.5) is 0 Å². The molecule has 0 radical (unpaired) electrons. The van der Waals surface area contributed by atoms with Crippen LogP contribution in [-0.2, 0) is 4.79 Å². The summed E-state index contributed by atoms with van der Waals surface area (Å²) in [5.74, 6) is 0.743. The molecular weight excluding hydrogens is 236 g/mol. The molecule has 112 valence electrons. The molecule has 0 bridgehead atoms. The third kappa shape index (κ3) is 5.52. The van der Waals surface area contributed by atoms with Crippen molar-refractivity contribution >= 4 is 5.91 Å². The maximum absolute atomic E-state index is 12.0. The molecule has 0 aliphatic heterocycles. The fraction of sp³-hybridized carbons (Fsp3) is 0.938. The molecular formula is C16H32N2O. The lowest BCUT2D eigenvalue weighted by atomic mass is 9.78. The van der Waals surface area contributed by atoms with E-state index in [1.165, 1.54) is 32.1 Å². The van der Waals surface area contributed by atoms with Crippen LogP contribution in [0.5, 0.6) is 0 Å². The van der Waals surface area contributed by atoms with E-state index in [-0.39, 0.29) is 11.9 Å². The predicted octanol–water partition coefficient (Wildman–Crippen LogP) is 3.23. The maximum atomic E-state index is 12.0. The van der Waals surface area contributed by atoms with E-state index >= 15 is 0 Å². The second kappa shape index (κ2) is 7.88. The van der Waals surface area contributed by atoms with Gasteiger partial charge < -0.3 is 11.1 Å². The van der Waals surface area contributed by atoms with Crippen LogP contribution < -0.4 is 11.1 Å². The molecule has 1 rings (SSSR count). The van der Waals surface area contributed by atoms with E-state index in [1.807, 2.05) is 0 Å². The predicted molar refractivity (Wildman–Crippen MR) is 80.9 cm³/mol. The lowest BCUT2D eigenvalue weighted by Crippen LogP contribution is -2.45. The molecule has 1 fully saturated rings. The number of carbonyl (C=O) groups is 1. The van der Waals surface area contributed by atoms with Crippen LogP contribution in [0.3, 0.4) is 0 Å². The van der Waals surface area contributed by atoms with Crippen molar-refractivity contribution in [3.8, 4) is 0 Å². The molecule has 0 heterocycles. The molecule has 3 heteroatoms. The fourth-order valence-corrected chi connectivity index (χ4v) is 3.40. The minimum absolute atomic E-state index is 0.0449. The molecule has 3 nitrogen and oxygen atoms in total. The number of carbonyl (C=O) groups excluding carboxylic acids is 1.